The first-order valence-corrected chi connectivity index (χ1v) is 6.42. The zero-order valence-corrected chi connectivity index (χ0v) is 11.4. The molecule has 1 rings (SSSR count). The molecule has 2 unspecified atom stereocenters. The number of hydrogen-bond donors (Lipinski definition) is 1. The van der Waals surface area contributed by atoms with E-state index in [1.165, 1.54) is 12.1 Å². The summed E-state index contributed by atoms with van der Waals surface area (Å²) in [4.78, 5) is 0. The third kappa shape index (κ3) is 4.51. The Morgan fingerprint density at radius 3 is 2.16 bits per heavy atom. The van der Waals surface area contributed by atoms with Gasteiger partial charge in [0.2, 0.25) is 0 Å². The van der Waals surface area contributed by atoms with Crippen LogP contribution < -0.4 is 5.32 Å². The summed E-state index contributed by atoms with van der Waals surface area (Å²) in [6, 6.07) is 5.13. The van der Waals surface area contributed by atoms with Gasteiger partial charge in [-0.15, -0.1) is 0 Å². The maximum atomic E-state index is 12.5. The van der Waals surface area contributed by atoms with E-state index in [1.807, 2.05) is 20.8 Å². The second-order valence-corrected chi connectivity index (χ2v) is 4.32. The lowest BCUT2D eigenvalue weighted by Crippen LogP contribution is -2.32. The fourth-order valence-electron chi connectivity index (χ4n) is 2.01. The van der Waals surface area contributed by atoms with Crippen molar-refractivity contribution in [2.75, 3.05) is 13.2 Å². The summed E-state index contributed by atoms with van der Waals surface area (Å²) in [5, 5.41) is 3.24. The van der Waals surface area contributed by atoms with Crippen molar-refractivity contribution in [2.45, 2.75) is 39.1 Å². The molecule has 19 heavy (non-hydrogen) atoms. The Morgan fingerprint density at radius 1 is 1.16 bits per heavy atom. The quantitative estimate of drug-likeness (QED) is 0.853. The summed E-state index contributed by atoms with van der Waals surface area (Å²) in [7, 11) is 0. The minimum absolute atomic E-state index is 0.0957. The molecule has 2 nitrogen and oxygen atoms in total. The topological polar surface area (TPSA) is 21.3 Å². The third-order valence-electron chi connectivity index (χ3n) is 2.92. The molecule has 1 N–H and O–H groups in total. The molecule has 0 spiro atoms. The number of halogens is 3. The van der Waals surface area contributed by atoms with Gasteiger partial charge in [0.25, 0.3) is 0 Å². The molecule has 0 aliphatic heterocycles. The molecule has 1 aromatic carbocycles. The maximum absolute atomic E-state index is 12.5. The van der Waals surface area contributed by atoms with Gasteiger partial charge in [-0.25, -0.2) is 0 Å². The molecule has 0 saturated heterocycles. The number of hydrogen-bond acceptors (Lipinski definition) is 2. The van der Waals surface area contributed by atoms with Crippen molar-refractivity contribution in [2.24, 2.45) is 0 Å². The summed E-state index contributed by atoms with van der Waals surface area (Å²) in [6.07, 6.45) is -4.39. The third-order valence-corrected chi connectivity index (χ3v) is 2.92. The maximum Gasteiger partial charge on any atom is 0.416 e. The zero-order valence-electron chi connectivity index (χ0n) is 11.4. The highest BCUT2D eigenvalue weighted by atomic mass is 19.4. The van der Waals surface area contributed by atoms with Crippen LogP contribution in [0, 0.1) is 0 Å². The summed E-state index contributed by atoms with van der Waals surface area (Å²) >= 11 is 0. The number of ether oxygens (including phenoxy) is 1. The van der Waals surface area contributed by atoms with Crippen LogP contribution in [-0.4, -0.2) is 19.3 Å². The molecule has 0 saturated carbocycles. The van der Waals surface area contributed by atoms with Crippen molar-refractivity contribution in [1.82, 2.24) is 5.32 Å². The van der Waals surface area contributed by atoms with Crippen molar-refractivity contribution in [3.63, 3.8) is 0 Å². The van der Waals surface area contributed by atoms with E-state index in [-0.39, 0.29) is 12.1 Å². The zero-order chi connectivity index (χ0) is 14.5. The average molecular weight is 275 g/mol. The lowest BCUT2D eigenvalue weighted by molar-refractivity contribution is -0.137. The van der Waals surface area contributed by atoms with Gasteiger partial charge in [-0.1, -0.05) is 19.1 Å². The van der Waals surface area contributed by atoms with Gasteiger partial charge in [0.05, 0.1) is 17.7 Å². The second kappa shape index (κ2) is 6.91. The highest BCUT2D eigenvalue weighted by molar-refractivity contribution is 5.27. The lowest BCUT2D eigenvalue weighted by atomic mass is 10.0. The van der Waals surface area contributed by atoms with Crippen LogP contribution in [0.15, 0.2) is 24.3 Å². The molecule has 2 atom stereocenters. The van der Waals surface area contributed by atoms with Gasteiger partial charge in [-0.2, -0.15) is 13.2 Å². The van der Waals surface area contributed by atoms with E-state index >= 15 is 0 Å². The number of alkyl halides is 3. The number of benzene rings is 1. The first-order valence-electron chi connectivity index (χ1n) is 6.42. The van der Waals surface area contributed by atoms with Crippen LogP contribution in [0.5, 0.6) is 0 Å². The first kappa shape index (κ1) is 16.0. The molecular weight excluding hydrogens is 255 g/mol. The molecule has 0 bridgehead atoms. The van der Waals surface area contributed by atoms with Crippen LogP contribution in [0.4, 0.5) is 13.2 Å². The average Bonchev–Trinajstić information content (AvgIpc) is 2.35. The fraction of sp³-hybridized carbons (Fsp3) is 0.571. The molecule has 0 heterocycles. The van der Waals surface area contributed by atoms with Crippen LogP contribution in [0.3, 0.4) is 0 Å². The number of rotatable bonds is 6. The molecule has 0 fully saturated rings. The first-order chi connectivity index (χ1) is 8.90. The Kier molecular flexibility index (Phi) is 5.82. The van der Waals surface area contributed by atoms with Crippen molar-refractivity contribution in [3.8, 4) is 0 Å². The molecule has 0 amide bonds. The molecular formula is C14H20F3NO. The van der Waals surface area contributed by atoms with Crippen LogP contribution in [0.1, 0.15) is 37.9 Å². The van der Waals surface area contributed by atoms with Gasteiger partial charge >= 0.3 is 6.18 Å². The van der Waals surface area contributed by atoms with Gasteiger partial charge in [-0.05, 0) is 38.1 Å². The van der Waals surface area contributed by atoms with Crippen LogP contribution in [0.2, 0.25) is 0 Å². The lowest BCUT2D eigenvalue weighted by Gasteiger charge is -2.25. The van der Waals surface area contributed by atoms with Crippen molar-refractivity contribution < 1.29 is 17.9 Å². The molecule has 0 aromatic heterocycles. The largest absolute Gasteiger partial charge is 0.416 e. The van der Waals surface area contributed by atoms with E-state index in [2.05, 4.69) is 5.32 Å². The summed E-state index contributed by atoms with van der Waals surface area (Å²) in [5.41, 5.74) is 0.173. The molecule has 1 aromatic rings. The van der Waals surface area contributed by atoms with E-state index in [0.29, 0.717) is 6.61 Å². The normalized spacial score (nSPS) is 15.3. The number of nitrogens with one attached hydrogen (secondary N) is 1. The second-order valence-electron chi connectivity index (χ2n) is 4.32. The summed E-state index contributed by atoms with van der Waals surface area (Å²) in [6.45, 7) is 7.06. The van der Waals surface area contributed by atoms with Crippen LogP contribution >= 0.6 is 0 Å². The van der Waals surface area contributed by atoms with E-state index in [4.69, 9.17) is 4.74 Å². The Morgan fingerprint density at radius 2 is 1.74 bits per heavy atom. The fourth-order valence-corrected chi connectivity index (χ4v) is 2.01. The van der Waals surface area contributed by atoms with Gasteiger partial charge < -0.3 is 10.1 Å². The Bertz CT molecular complexity index is 375. The van der Waals surface area contributed by atoms with Crippen molar-refractivity contribution in [1.29, 1.82) is 0 Å². The van der Waals surface area contributed by atoms with Crippen molar-refractivity contribution in [3.05, 3.63) is 35.4 Å². The molecule has 108 valence electrons. The Balaban J connectivity index is 2.91. The highest BCUT2D eigenvalue weighted by Gasteiger charge is 2.30. The smallest absolute Gasteiger partial charge is 0.377 e. The predicted octanol–water partition coefficient (Wildman–Crippen LogP) is 3.78. The summed E-state index contributed by atoms with van der Waals surface area (Å²) in [5.74, 6) is 0. The van der Waals surface area contributed by atoms with Gasteiger partial charge in [0.15, 0.2) is 0 Å². The van der Waals surface area contributed by atoms with Gasteiger partial charge in [0.1, 0.15) is 0 Å². The number of likely N-dealkylation sites (N-methyl/N-ethyl adjacent to an activating group) is 1. The Hall–Kier alpha value is -1.07. The van der Waals surface area contributed by atoms with E-state index < -0.39 is 11.7 Å². The SMILES string of the molecule is CCNC(c1ccc(C(F)(F)F)cc1)C(C)OCC. The minimum Gasteiger partial charge on any atom is -0.377 e. The minimum atomic E-state index is -4.29. The van der Waals surface area contributed by atoms with E-state index in [0.717, 1.165) is 24.2 Å². The summed E-state index contributed by atoms with van der Waals surface area (Å²) < 4.78 is 43.0. The van der Waals surface area contributed by atoms with E-state index in [9.17, 15) is 13.2 Å². The van der Waals surface area contributed by atoms with Crippen LogP contribution in [0.25, 0.3) is 0 Å². The van der Waals surface area contributed by atoms with Crippen molar-refractivity contribution >= 4 is 0 Å². The molecule has 0 aliphatic carbocycles. The monoisotopic (exact) mass is 275 g/mol. The standard InChI is InChI=1S/C14H20F3NO/c1-4-18-13(10(3)19-5-2)11-6-8-12(9-7-11)14(15,16)17/h6-10,13,18H,4-5H2,1-3H3. The molecule has 0 aliphatic rings. The molecule has 5 heteroatoms. The highest BCUT2D eigenvalue weighted by Crippen LogP contribution is 2.30. The Labute approximate surface area is 112 Å². The predicted molar refractivity (Wildman–Crippen MR) is 68.9 cm³/mol. The van der Waals surface area contributed by atoms with Gasteiger partial charge in [0, 0.05) is 6.61 Å². The molecule has 0 radical (unpaired) electrons. The van der Waals surface area contributed by atoms with Gasteiger partial charge in [-0.3, -0.25) is 0 Å². The van der Waals surface area contributed by atoms with Crippen LogP contribution in [-0.2, 0) is 10.9 Å². The van der Waals surface area contributed by atoms with E-state index in [1.54, 1.807) is 0 Å².